The van der Waals surface area contributed by atoms with Gasteiger partial charge < -0.3 is 9.15 Å². The molecule has 0 radical (unpaired) electrons. The minimum Gasteiger partial charge on any atom is -0.465 e. The lowest BCUT2D eigenvalue weighted by Gasteiger charge is -2.06. The first kappa shape index (κ1) is 17.4. The first-order valence-corrected chi connectivity index (χ1v) is 6.83. The van der Waals surface area contributed by atoms with Crippen LogP contribution in [0.25, 0.3) is 0 Å². The van der Waals surface area contributed by atoms with Gasteiger partial charge in [-0.25, -0.2) is 10.9 Å². The van der Waals surface area contributed by atoms with Gasteiger partial charge in [0.2, 0.25) is 12.0 Å². The molecule has 0 spiro atoms. The minimum absolute atomic E-state index is 0.00324. The van der Waals surface area contributed by atoms with Gasteiger partial charge in [-0.2, -0.15) is 20.7 Å². The summed E-state index contributed by atoms with van der Waals surface area (Å²) in [4.78, 5) is 22.8. The van der Waals surface area contributed by atoms with Crippen LogP contribution in [-0.4, -0.2) is 29.1 Å². The standard InChI is InChI=1S/C14H11N7O4/c15-5-3-9(22)18-20-11-12(21-19-10(23)4-6-16)14(17)25-13(11)8-2-1-7-24-8/h1-2,7,13,17H,3-4H2,(H,18,22)(H,19,23)/b17-14?,20-11?,21-12+/t13-/m1/s1. The average Bonchev–Trinajstić information content (AvgIpc) is 3.19. The Morgan fingerprint density at radius 3 is 2.40 bits per heavy atom. The quantitative estimate of drug-likeness (QED) is 0.639. The van der Waals surface area contributed by atoms with Crippen molar-refractivity contribution in [3.05, 3.63) is 24.2 Å². The van der Waals surface area contributed by atoms with Gasteiger partial charge in [-0.3, -0.25) is 15.0 Å². The van der Waals surface area contributed by atoms with Crippen LogP contribution in [0.4, 0.5) is 0 Å². The monoisotopic (exact) mass is 341 g/mol. The summed E-state index contributed by atoms with van der Waals surface area (Å²) in [5, 5.41) is 32.3. The molecule has 25 heavy (non-hydrogen) atoms. The van der Waals surface area contributed by atoms with Crippen LogP contribution in [-0.2, 0) is 14.3 Å². The number of carbonyl (C=O) groups excluding carboxylic acids is 2. The largest absolute Gasteiger partial charge is 0.465 e. The molecule has 3 N–H and O–H groups in total. The zero-order valence-corrected chi connectivity index (χ0v) is 12.6. The lowest BCUT2D eigenvalue weighted by atomic mass is 10.1. The fourth-order valence-corrected chi connectivity index (χ4v) is 1.79. The Balaban J connectivity index is 2.30. The fraction of sp³-hybridized carbons (Fsp3) is 0.214. The SMILES string of the molecule is N#CCC(=O)NN=C1/C(=N\NC(=O)CC#N)C(=N)O[C@@H]1c1ccco1. The molecular weight excluding hydrogens is 330 g/mol. The Morgan fingerprint density at radius 1 is 1.20 bits per heavy atom. The molecule has 1 saturated heterocycles. The van der Waals surface area contributed by atoms with Crippen molar-refractivity contribution in [3.8, 4) is 12.1 Å². The van der Waals surface area contributed by atoms with Gasteiger partial charge in [0.05, 0.1) is 18.4 Å². The molecule has 126 valence electrons. The molecule has 1 fully saturated rings. The maximum absolute atomic E-state index is 11.4. The Kier molecular flexibility index (Phi) is 5.58. The molecule has 1 aliphatic heterocycles. The summed E-state index contributed by atoms with van der Waals surface area (Å²) in [6.45, 7) is 0. The van der Waals surface area contributed by atoms with Gasteiger partial charge in [0.1, 0.15) is 18.6 Å². The molecule has 0 saturated carbocycles. The van der Waals surface area contributed by atoms with Crippen LogP contribution in [0.15, 0.2) is 33.0 Å². The van der Waals surface area contributed by atoms with Crippen LogP contribution in [0.3, 0.4) is 0 Å². The number of rotatable bonds is 5. The van der Waals surface area contributed by atoms with Crippen LogP contribution in [0.2, 0.25) is 0 Å². The first-order chi connectivity index (χ1) is 12.1. The number of nitrogens with one attached hydrogen (secondary N) is 3. The zero-order chi connectivity index (χ0) is 18.2. The number of hydrogen-bond donors (Lipinski definition) is 3. The number of hydrazone groups is 2. The summed E-state index contributed by atoms with van der Waals surface area (Å²) in [7, 11) is 0. The topological polar surface area (TPSA) is 177 Å². The van der Waals surface area contributed by atoms with Crippen LogP contribution < -0.4 is 10.9 Å². The van der Waals surface area contributed by atoms with Crippen LogP contribution in [0, 0.1) is 28.1 Å². The highest BCUT2D eigenvalue weighted by Gasteiger charge is 2.39. The third-order valence-electron chi connectivity index (χ3n) is 2.82. The van der Waals surface area contributed by atoms with Crippen molar-refractivity contribution in [3.63, 3.8) is 0 Å². The molecule has 2 heterocycles. The summed E-state index contributed by atoms with van der Waals surface area (Å²) >= 11 is 0. The van der Waals surface area contributed by atoms with Crippen LogP contribution in [0.5, 0.6) is 0 Å². The number of hydrogen-bond acceptors (Lipinski definition) is 9. The fourth-order valence-electron chi connectivity index (χ4n) is 1.79. The van der Waals surface area contributed by atoms with E-state index in [-0.39, 0.29) is 11.4 Å². The summed E-state index contributed by atoms with van der Waals surface area (Å²) in [5.74, 6) is -1.46. The molecule has 2 amide bonds. The van der Waals surface area contributed by atoms with Crippen molar-refractivity contribution in [2.24, 2.45) is 10.2 Å². The maximum atomic E-state index is 11.4. The van der Waals surface area contributed by atoms with E-state index in [0.717, 1.165) is 0 Å². The summed E-state index contributed by atoms with van der Waals surface area (Å²) in [5.41, 5.74) is 4.09. The Labute approximate surface area is 141 Å². The van der Waals surface area contributed by atoms with Gasteiger partial charge in [-0.1, -0.05) is 0 Å². The van der Waals surface area contributed by atoms with Crippen molar-refractivity contribution in [1.29, 1.82) is 15.9 Å². The zero-order valence-electron chi connectivity index (χ0n) is 12.6. The number of nitriles is 2. The second kappa shape index (κ2) is 8.03. The minimum atomic E-state index is -0.962. The molecular formula is C14H11N7O4. The molecule has 1 aliphatic rings. The average molecular weight is 341 g/mol. The van der Waals surface area contributed by atoms with Gasteiger partial charge >= 0.3 is 0 Å². The molecule has 0 aromatic carbocycles. The predicted octanol–water partition coefficient (Wildman–Crippen LogP) is 0.0999. The second-order valence-corrected chi connectivity index (χ2v) is 4.54. The molecule has 0 aliphatic carbocycles. The van der Waals surface area contributed by atoms with E-state index < -0.39 is 36.7 Å². The molecule has 11 nitrogen and oxygen atoms in total. The van der Waals surface area contributed by atoms with Gasteiger partial charge in [0, 0.05) is 0 Å². The van der Waals surface area contributed by atoms with Crippen molar-refractivity contribution < 1.29 is 18.7 Å². The lowest BCUT2D eigenvalue weighted by Crippen LogP contribution is -2.27. The summed E-state index contributed by atoms with van der Waals surface area (Å²) < 4.78 is 10.5. The van der Waals surface area contributed by atoms with Gasteiger partial charge in [0.15, 0.2) is 11.5 Å². The van der Waals surface area contributed by atoms with E-state index in [1.165, 1.54) is 6.26 Å². The Bertz CT molecular complexity index is 826. The molecule has 1 aromatic rings. The molecule has 2 rings (SSSR count). The maximum Gasteiger partial charge on any atom is 0.254 e. The number of amides is 2. The predicted molar refractivity (Wildman–Crippen MR) is 81.9 cm³/mol. The third-order valence-corrected chi connectivity index (χ3v) is 2.82. The summed E-state index contributed by atoms with van der Waals surface area (Å²) in [6, 6.07) is 6.48. The highest BCUT2D eigenvalue weighted by Crippen LogP contribution is 2.26. The molecule has 0 unspecified atom stereocenters. The summed E-state index contributed by atoms with van der Waals surface area (Å²) in [6.07, 6.45) is -0.404. The van der Waals surface area contributed by atoms with Crippen LogP contribution in [0.1, 0.15) is 24.7 Å². The smallest absolute Gasteiger partial charge is 0.254 e. The van der Waals surface area contributed by atoms with E-state index in [0.29, 0.717) is 5.76 Å². The second-order valence-electron chi connectivity index (χ2n) is 4.54. The van der Waals surface area contributed by atoms with E-state index in [4.69, 9.17) is 25.1 Å². The normalized spacial score (nSPS) is 19.1. The molecule has 0 bridgehead atoms. The first-order valence-electron chi connectivity index (χ1n) is 6.83. The van der Waals surface area contributed by atoms with Crippen molar-refractivity contribution >= 4 is 29.1 Å². The van der Waals surface area contributed by atoms with Gasteiger partial charge in [-0.15, -0.1) is 0 Å². The number of ether oxygens (including phenoxy) is 1. The van der Waals surface area contributed by atoms with E-state index >= 15 is 0 Å². The Hall–Kier alpha value is -3.99. The van der Waals surface area contributed by atoms with Crippen molar-refractivity contribution in [2.75, 3.05) is 0 Å². The van der Waals surface area contributed by atoms with E-state index in [1.807, 2.05) is 0 Å². The van der Waals surface area contributed by atoms with Gasteiger partial charge in [0.25, 0.3) is 11.8 Å². The molecule has 1 atom stereocenters. The molecule has 1 aromatic heterocycles. The Morgan fingerprint density at radius 2 is 1.84 bits per heavy atom. The van der Waals surface area contributed by atoms with E-state index in [2.05, 4.69) is 21.1 Å². The van der Waals surface area contributed by atoms with Crippen LogP contribution >= 0.6 is 0 Å². The number of nitrogens with zero attached hydrogens (tertiary/aromatic N) is 4. The molecule has 11 heteroatoms. The lowest BCUT2D eigenvalue weighted by molar-refractivity contribution is -0.120. The van der Waals surface area contributed by atoms with Crippen molar-refractivity contribution in [2.45, 2.75) is 18.9 Å². The number of furan rings is 1. The van der Waals surface area contributed by atoms with E-state index in [9.17, 15) is 9.59 Å². The number of carbonyl (C=O) groups is 2. The van der Waals surface area contributed by atoms with Gasteiger partial charge in [-0.05, 0) is 12.1 Å². The van der Waals surface area contributed by atoms with Crippen molar-refractivity contribution in [1.82, 2.24) is 10.9 Å². The third kappa shape index (κ3) is 4.27. The van der Waals surface area contributed by atoms with E-state index in [1.54, 1.807) is 24.3 Å². The highest BCUT2D eigenvalue weighted by molar-refractivity contribution is 6.69. The highest BCUT2D eigenvalue weighted by atomic mass is 16.5.